The van der Waals surface area contributed by atoms with Gasteiger partial charge in [-0.15, -0.1) is 0 Å². The first-order chi connectivity index (χ1) is 5.13. The zero-order chi connectivity index (χ0) is 8.69. The molecule has 1 rings (SSSR count). The van der Waals surface area contributed by atoms with Crippen molar-refractivity contribution in [2.75, 3.05) is 13.2 Å². The van der Waals surface area contributed by atoms with E-state index < -0.39 is 11.9 Å². The highest BCUT2D eigenvalue weighted by Crippen LogP contribution is 1.84. The molecule has 5 nitrogen and oxygen atoms in total. The summed E-state index contributed by atoms with van der Waals surface area (Å²) in [7, 11) is 0. The fraction of sp³-hybridized carbons (Fsp3) is 0.333. The summed E-state index contributed by atoms with van der Waals surface area (Å²) in [6.45, 7) is 2.00. The van der Waals surface area contributed by atoms with Gasteiger partial charge in [0.1, 0.15) is 0 Å². The van der Waals surface area contributed by atoms with Crippen LogP contribution in [0.1, 0.15) is 0 Å². The van der Waals surface area contributed by atoms with E-state index in [1.54, 1.807) is 0 Å². The lowest BCUT2D eigenvalue weighted by Crippen LogP contribution is -1.91. The monoisotopic (exact) mass is 160 g/mol. The molecule has 2 N–H and O–H groups in total. The van der Waals surface area contributed by atoms with Crippen LogP contribution in [0.3, 0.4) is 0 Å². The summed E-state index contributed by atoms with van der Waals surface area (Å²) in [4.78, 5) is 19.1. The van der Waals surface area contributed by atoms with Crippen LogP contribution in [0.15, 0.2) is 12.2 Å². The molecule has 0 atom stereocenters. The molecule has 11 heavy (non-hydrogen) atoms. The zero-order valence-corrected chi connectivity index (χ0v) is 5.69. The van der Waals surface area contributed by atoms with Gasteiger partial charge in [0.05, 0.1) is 13.2 Å². The molecular weight excluding hydrogens is 152 g/mol. The molecular formula is C6H8O5. The topological polar surface area (TPSA) is 87.1 Å². The van der Waals surface area contributed by atoms with E-state index >= 15 is 0 Å². The van der Waals surface area contributed by atoms with Crippen molar-refractivity contribution in [1.29, 1.82) is 0 Å². The summed E-state index contributed by atoms with van der Waals surface area (Å²) in [6, 6.07) is 0. The van der Waals surface area contributed by atoms with E-state index in [-0.39, 0.29) is 0 Å². The molecule has 0 aliphatic carbocycles. The van der Waals surface area contributed by atoms with Crippen molar-refractivity contribution in [2.45, 2.75) is 0 Å². The molecule has 0 aromatic carbocycles. The predicted molar refractivity (Wildman–Crippen MR) is 35.2 cm³/mol. The summed E-state index contributed by atoms with van der Waals surface area (Å²) in [5.74, 6) is -2.51. The number of carboxylic acids is 2. The standard InChI is InChI=1S/C4H4O4.C2H4O/c5-3(6)1-2-4(7)8;1-2-3-1/h1-2H,(H,5,6)(H,7,8);1-2H2. The summed E-state index contributed by atoms with van der Waals surface area (Å²) in [5.41, 5.74) is 0. The molecule has 0 saturated carbocycles. The fourth-order valence-electron chi connectivity index (χ4n) is 0.143. The van der Waals surface area contributed by atoms with Crippen LogP contribution in [0, 0.1) is 0 Å². The number of rotatable bonds is 2. The van der Waals surface area contributed by atoms with Crippen LogP contribution in [-0.4, -0.2) is 35.4 Å². The van der Waals surface area contributed by atoms with Gasteiger partial charge < -0.3 is 14.9 Å². The molecule has 1 aliphatic heterocycles. The van der Waals surface area contributed by atoms with E-state index in [0.717, 1.165) is 13.2 Å². The molecule has 5 heteroatoms. The third kappa shape index (κ3) is 17.7. The number of aliphatic carboxylic acids is 2. The summed E-state index contributed by atoms with van der Waals surface area (Å²) in [6.07, 6.45) is 1.12. The highest BCUT2D eigenvalue weighted by Gasteiger charge is 1.94. The molecule has 1 aliphatic rings. The van der Waals surface area contributed by atoms with Crippen LogP contribution in [0.25, 0.3) is 0 Å². The Morgan fingerprint density at radius 2 is 1.36 bits per heavy atom. The van der Waals surface area contributed by atoms with Crippen molar-refractivity contribution in [3.63, 3.8) is 0 Å². The van der Waals surface area contributed by atoms with Crippen LogP contribution in [-0.2, 0) is 14.3 Å². The van der Waals surface area contributed by atoms with E-state index in [0.29, 0.717) is 12.2 Å². The van der Waals surface area contributed by atoms with Gasteiger partial charge in [-0.05, 0) is 0 Å². The van der Waals surface area contributed by atoms with Gasteiger partial charge in [0.2, 0.25) is 0 Å². The molecule has 1 heterocycles. The highest BCUT2D eigenvalue weighted by atomic mass is 16.6. The van der Waals surface area contributed by atoms with Crippen LogP contribution in [0.5, 0.6) is 0 Å². The van der Waals surface area contributed by atoms with Crippen LogP contribution in [0.4, 0.5) is 0 Å². The largest absolute Gasteiger partial charge is 0.478 e. The van der Waals surface area contributed by atoms with Crippen molar-refractivity contribution < 1.29 is 24.5 Å². The Kier molecular flexibility index (Phi) is 4.76. The Hall–Kier alpha value is -1.36. The number of hydrogen-bond donors (Lipinski definition) is 2. The Balaban J connectivity index is 0.000000271. The van der Waals surface area contributed by atoms with Gasteiger partial charge in [0.25, 0.3) is 0 Å². The van der Waals surface area contributed by atoms with Gasteiger partial charge in [-0.2, -0.15) is 0 Å². The normalized spacial score (nSPS) is 13.5. The number of epoxide rings is 1. The van der Waals surface area contributed by atoms with Crippen LogP contribution < -0.4 is 0 Å². The molecule has 0 radical (unpaired) electrons. The van der Waals surface area contributed by atoms with Crippen LogP contribution >= 0.6 is 0 Å². The quantitative estimate of drug-likeness (QED) is 0.428. The van der Waals surface area contributed by atoms with Crippen molar-refractivity contribution in [2.24, 2.45) is 0 Å². The molecule has 0 aromatic heterocycles. The first-order valence-electron chi connectivity index (χ1n) is 2.84. The lowest BCUT2D eigenvalue weighted by Gasteiger charge is -1.74. The van der Waals surface area contributed by atoms with E-state index in [9.17, 15) is 9.59 Å². The van der Waals surface area contributed by atoms with Gasteiger partial charge in [0, 0.05) is 12.2 Å². The minimum absolute atomic E-state index is 0.558. The average molecular weight is 160 g/mol. The molecule has 1 fully saturated rings. The number of carboxylic acid groups (broad SMARTS) is 2. The molecule has 0 spiro atoms. The van der Waals surface area contributed by atoms with Crippen LogP contribution in [0.2, 0.25) is 0 Å². The second kappa shape index (κ2) is 5.43. The van der Waals surface area contributed by atoms with Crippen molar-refractivity contribution in [3.05, 3.63) is 12.2 Å². The van der Waals surface area contributed by atoms with E-state index in [1.807, 2.05) is 0 Å². The Morgan fingerprint density at radius 1 is 1.09 bits per heavy atom. The maximum absolute atomic E-state index is 9.55. The van der Waals surface area contributed by atoms with Crippen molar-refractivity contribution in [3.8, 4) is 0 Å². The average Bonchev–Trinajstić information content (AvgIpc) is 2.67. The Morgan fingerprint density at radius 3 is 1.45 bits per heavy atom. The summed E-state index contributed by atoms with van der Waals surface area (Å²) < 4.78 is 4.50. The zero-order valence-electron chi connectivity index (χ0n) is 5.69. The Bertz CT molecular complexity index is 151. The van der Waals surface area contributed by atoms with E-state index in [2.05, 4.69) is 4.74 Å². The third-order valence-electron chi connectivity index (χ3n) is 0.573. The minimum Gasteiger partial charge on any atom is -0.478 e. The summed E-state index contributed by atoms with van der Waals surface area (Å²) in [5, 5.41) is 15.6. The number of hydrogen-bond acceptors (Lipinski definition) is 3. The van der Waals surface area contributed by atoms with Gasteiger partial charge in [-0.25, -0.2) is 9.59 Å². The highest BCUT2D eigenvalue weighted by molar-refractivity contribution is 5.89. The SMILES string of the molecule is C1CO1.O=C(O)C=CC(=O)O. The maximum atomic E-state index is 9.55. The molecule has 1 saturated heterocycles. The fourth-order valence-corrected chi connectivity index (χ4v) is 0.143. The summed E-state index contributed by atoms with van der Waals surface area (Å²) >= 11 is 0. The second-order valence-electron chi connectivity index (χ2n) is 1.62. The van der Waals surface area contributed by atoms with Gasteiger partial charge in [0.15, 0.2) is 0 Å². The lowest BCUT2D eigenvalue weighted by atomic mass is 10.5. The molecule has 0 amide bonds. The second-order valence-corrected chi connectivity index (χ2v) is 1.62. The third-order valence-corrected chi connectivity index (χ3v) is 0.573. The molecule has 0 bridgehead atoms. The molecule has 0 aromatic rings. The first kappa shape index (κ1) is 9.64. The van der Waals surface area contributed by atoms with E-state index in [4.69, 9.17) is 10.2 Å². The number of carbonyl (C=O) groups is 2. The lowest BCUT2D eigenvalue weighted by molar-refractivity contribution is -0.134. The van der Waals surface area contributed by atoms with Gasteiger partial charge in [-0.1, -0.05) is 0 Å². The molecule has 62 valence electrons. The van der Waals surface area contributed by atoms with Crippen molar-refractivity contribution >= 4 is 11.9 Å². The van der Waals surface area contributed by atoms with Crippen molar-refractivity contribution in [1.82, 2.24) is 0 Å². The van der Waals surface area contributed by atoms with Gasteiger partial charge >= 0.3 is 11.9 Å². The Labute approximate surface area is 62.9 Å². The molecule has 0 unspecified atom stereocenters. The van der Waals surface area contributed by atoms with E-state index in [1.165, 1.54) is 0 Å². The minimum atomic E-state index is -1.26. The van der Waals surface area contributed by atoms with Gasteiger partial charge in [-0.3, -0.25) is 0 Å². The first-order valence-corrected chi connectivity index (χ1v) is 2.84. The smallest absolute Gasteiger partial charge is 0.328 e. The maximum Gasteiger partial charge on any atom is 0.328 e. The number of ether oxygens (including phenoxy) is 1. The predicted octanol–water partition coefficient (Wildman–Crippen LogP) is -0.272.